The summed E-state index contributed by atoms with van der Waals surface area (Å²) in [5.74, 6) is -0.490. The first-order chi connectivity index (χ1) is 15.3. The average molecular weight is 473 g/mol. The molecular weight excluding hydrogens is 447 g/mol. The minimum atomic E-state index is -0.318. The van der Waals surface area contributed by atoms with Crippen LogP contribution in [0.15, 0.2) is 66.0 Å². The fraction of sp³-hybridized carbons (Fsp3) is 0.280. The van der Waals surface area contributed by atoms with Gasteiger partial charge in [0.2, 0.25) is 5.91 Å². The quantitative estimate of drug-likeness (QED) is 0.391. The molecule has 2 aromatic carbocycles. The summed E-state index contributed by atoms with van der Waals surface area (Å²) in [7, 11) is 0. The first-order valence-corrected chi connectivity index (χ1v) is 11.7. The van der Waals surface area contributed by atoms with Gasteiger partial charge >= 0.3 is 0 Å². The van der Waals surface area contributed by atoms with Crippen LogP contribution in [0.4, 0.5) is 4.39 Å². The zero-order valence-electron chi connectivity index (χ0n) is 18.1. The number of amides is 2. The fourth-order valence-electron chi connectivity index (χ4n) is 3.33. The molecule has 0 unspecified atom stereocenters. The SMILES string of the molecule is CC(C)CN(CC(=O)N(Cc1ccc(F)cc1)Cc1cccs1)C(=O)c1ccc(Cl)cc1. The van der Waals surface area contributed by atoms with Crippen LogP contribution in [0.1, 0.15) is 34.6 Å². The molecule has 0 atom stereocenters. The van der Waals surface area contributed by atoms with Crippen LogP contribution in [-0.2, 0) is 17.9 Å². The Morgan fingerprint density at radius 3 is 2.25 bits per heavy atom. The van der Waals surface area contributed by atoms with E-state index in [-0.39, 0.29) is 30.1 Å². The Bertz CT molecular complexity index is 1020. The third kappa shape index (κ3) is 6.90. The standard InChI is InChI=1S/C25H26ClFN2O2S/c1-18(2)14-29(25(31)20-7-9-21(26)10-8-20)17-24(30)28(16-23-4-3-13-32-23)15-19-5-11-22(27)12-6-19/h3-13,18H,14-17H2,1-2H3. The maximum Gasteiger partial charge on any atom is 0.254 e. The number of hydrogen-bond acceptors (Lipinski definition) is 3. The van der Waals surface area contributed by atoms with Gasteiger partial charge in [-0.15, -0.1) is 11.3 Å². The topological polar surface area (TPSA) is 40.6 Å². The van der Waals surface area contributed by atoms with Crippen molar-refractivity contribution in [2.75, 3.05) is 13.1 Å². The van der Waals surface area contributed by atoms with Crippen LogP contribution < -0.4 is 0 Å². The lowest BCUT2D eigenvalue weighted by atomic mass is 10.1. The van der Waals surface area contributed by atoms with Crippen molar-refractivity contribution >= 4 is 34.8 Å². The highest BCUT2D eigenvalue weighted by Crippen LogP contribution is 2.17. The number of carbonyl (C=O) groups excluding carboxylic acids is 2. The summed E-state index contributed by atoms with van der Waals surface area (Å²) in [6, 6.07) is 16.7. The molecule has 0 aliphatic heterocycles. The predicted molar refractivity (Wildman–Crippen MR) is 127 cm³/mol. The molecule has 0 fully saturated rings. The first-order valence-electron chi connectivity index (χ1n) is 10.4. The number of benzene rings is 2. The Labute approximate surface area is 197 Å². The molecular formula is C25H26ClFN2O2S. The molecule has 2 amide bonds. The van der Waals surface area contributed by atoms with Gasteiger partial charge in [-0.1, -0.05) is 43.6 Å². The van der Waals surface area contributed by atoms with Crippen LogP contribution in [-0.4, -0.2) is 34.7 Å². The normalized spacial score (nSPS) is 10.9. The zero-order valence-corrected chi connectivity index (χ0v) is 19.7. The molecule has 1 aromatic heterocycles. The number of thiophene rings is 1. The lowest BCUT2D eigenvalue weighted by Gasteiger charge is -2.29. The van der Waals surface area contributed by atoms with Crippen molar-refractivity contribution in [3.8, 4) is 0 Å². The summed E-state index contributed by atoms with van der Waals surface area (Å²) >= 11 is 7.52. The van der Waals surface area contributed by atoms with Crippen molar-refractivity contribution in [3.63, 3.8) is 0 Å². The van der Waals surface area contributed by atoms with Gasteiger partial charge in [-0.2, -0.15) is 0 Å². The fourth-order valence-corrected chi connectivity index (χ4v) is 4.18. The first kappa shape index (κ1) is 24.0. The Morgan fingerprint density at radius 2 is 1.66 bits per heavy atom. The second-order valence-electron chi connectivity index (χ2n) is 8.04. The van der Waals surface area contributed by atoms with Crippen LogP contribution in [0.25, 0.3) is 0 Å². The molecule has 3 aromatic rings. The van der Waals surface area contributed by atoms with Crippen LogP contribution in [0.3, 0.4) is 0 Å². The van der Waals surface area contributed by atoms with Crippen molar-refractivity contribution in [3.05, 3.63) is 92.9 Å². The van der Waals surface area contributed by atoms with Crippen LogP contribution in [0.2, 0.25) is 5.02 Å². The molecule has 32 heavy (non-hydrogen) atoms. The molecule has 0 aliphatic rings. The van der Waals surface area contributed by atoms with Gasteiger partial charge in [0.25, 0.3) is 5.91 Å². The summed E-state index contributed by atoms with van der Waals surface area (Å²) in [6.45, 7) is 5.20. The maximum absolute atomic E-state index is 13.4. The van der Waals surface area contributed by atoms with E-state index in [1.807, 2.05) is 31.4 Å². The Hall–Kier alpha value is -2.70. The van der Waals surface area contributed by atoms with Gasteiger partial charge in [-0.3, -0.25) is 9.59 Å². The predicted octanol–water partition coefficient (Wildman–Crippen LogP) is 5.87. The van der Waals surface area contributed by atoms with Crippen LogP contribution >= 0.6 is 22.9 Å². The van der Waals surface area contributed by atoms with Gasteiger partial charge in [0.15, 0.2) is 0 Å². The molecule has 0 spiro atoms. The number of rotatable bonds is 9. The third-order valence-electron chi connectivity index (χ3n) is 4.86. The van der Waals surface area contributed by atoms with E-state index in [1.165, 1.54) is 12.1 Å². The van der Waals surface area contributed by atoms with Gasteiger partial charge in [0.05, 0.1) is 6.54 Å². The van der Waals surface area contributed by atoms with E-state index in [1.54, 1.807) is 57.5 Å². The van der Waals surface area contributed by atoms with E-state index in [4.69, 9.17) is 11.6 Å². The highest BCUT2D eigenvalue weighted by molar-refractivity contribution is 7.09. The van der Waals surface area contributed by atoms with E-state index in [9.17, 15) is 14.0 Å². The zero-order chi connectivity index (χ0) is 23.1. The minimum Gasteiger partial charge on any atom is -0.332 e. The molecule has 7 heteroatoms. The number of carbonyl (C=O) groups is 2. The third-order valence-corrected chi connectivity index (χ3v) is 5.97. The highest BCUT2D eigenvalue weighted by Gasteiger charge is 2.24. The van der Waals surface area contributed by atoms with Gasteiger partial charge in [-0.05, 0) is 59.3 Å². The molecule has 4 nitrogen and oxygen atoms in total. The number of halogens is 2. The van der Waals surface area contributed by atoms with Crippen LogP contribution in [0.5, 0.6) is 0 Å². The summed E-state index contributed by atoms with van der Waals surface area (Å²) in [5.41, 5.74) is 1.32. The van der Waals surface area contributed by atoms with E-state index >= 15 is 0 Å². The molecule has 1 heterocycles. The molecule has 0 saturated heterocycles. The molecule has 0 bridgehead atoms. The van der Waals surface area contributed by atoms with Gasteiger partial charge in [-0.25, -0.2) is 4.39 Å². The van der Waals surface area contributed by atoms with Crippen molar-refractivity contribution in [2.45, 2.75) is 26.9 Å². The van der Waals surface area contributed by atoms with Crippen molar-refractivity contribution in [1.29, 1.82) is 0 Å². The summed E-state index contributed by atoms with van der Waals surface area (Å²) in [4.78, 5) is 30.8. The monoisotopic (exact) mass is 472 g/mol. The molecule has 3 rings (SSSR count). The average Bonchev–Trinajstić information content (AvgIpc) is 3.27. The summed E-state index contributed by atoms with van der Waals surface area (Å²) in [6.07, 6.45) is 0. The van der Waals surface area contributed by atoms with Gasteiger partial charge < -0.3 is 9.80 Å². The lowest BCUT2D eigenvalue weighted by Crippen LogP contribution is -2.43. The highest BCUT2D eigenvalue weighted by atomic mass is 35.5. The van der Waals surface area contributed by atoms with Crippen molar-refractivity contribution in [1.82, 2.24) is 9.80 Å². The molecule has 0 saturated carbocycles. The van der Waals surface area contributed by atoms with Crippen molar-refractivity contribution < 1.29 is 14.0 Å². The second kappa shape index (κ2) is 11.2. The molecule has 0 aliphatic carbocycles. The smallest absolute Gasteiger partial charge is 0.254 e. The largest absolute Gasteiger partial charge is 0.332 e. The minimum absolute atomic E-state index is 0.0355. The Morgan fingerprint density at radius 1 is 0.969 bits per heavy atom. The Balaban J connectivity index is 1.80. The van der Waals surface area contributed by atoms with E-state index in [0.29, 0.717) is 30.2 Å². The Kier molecular flexibility index (Phi) is 8.42. The summed E-state index contributed by atoms with van der Waals surface area (Å²) in [5, 5.41) is 2.51. The maximum atomic E-state index is 13.4. The number of nitrogens with zero attached hydrogens (tertiary/aromatic N) is 2. The van der Waals surface area contributed by atoms with Gasteiger partial charge in [0, 0.05) is 28.6 Å². The molecule has 0 N–H and O–H groups in total. The van der Waals surface area contributed by atoms with E-state index in [2.05, 4.69) is 0 Å². The lowest BCUT2D eigenvalue weighted by molar-refractivity contribution is -0.133. The molecule has 168 valence electrons. The van der Waals surface area contributed by atoms with Crippen molar-refractivity contribution in [2.24, 2.45) is 5.92 Å². The summed E-state index contributed by atoms with van der Waals surface area (Å²) < 4.78 is 13.3. The second-order valence-corrected chi connectivity index (χ2v) is 9.51. The van der Waals surface area contributed by atoms with Gasteiger partial charge in [0.1, 0.15) is 12.4 Å². The number of hydrogen-bond donors (Lipinski definition) is 0. The van der Waals surface area contributed by atoms with Crippen LogP contribution in [0, 0.1) is 11.7 Å². The molecule has 0 radical (unpaired) electrons. The van der Waals surface area contributed by atoms with E-state index < -0.39 is 0 Å². The van der Waals surface area contributed by atoms with E-state index in [0.717, 1.165) is 10.4 Å².